The molecule has 0 unspecified atom stereocenters. The van der Waals surface area contributed by atoms with Gasteiger partial charge in [-0.05, 0) is 104 Å². The van der Waals surface area contributed by atoms with Crippen molar-refractivity contribution >= 4 is 91.9 Å². The first-order chi connectivity index (χ1) is 29.3. The molecule has 0 spiro atoms. The van der Waals surface area contributed by atoms with E-state index in [4.69, 9.17) is 0 Å². The first-order valence-corrected chi connectivity index (χ1v) is 21.0. The number of benzene rings is 10. The number of hydrogen-bond donors (Lipinski definition) is 0. The maximum Gasteiger partial charge on any atom is 0.0561 e. The maximum atomic E-state index is 2.49. The molecule has 0 N–H and O–H groups in total. The van der Waals surface area contributed by atoms with Crippen LogP contribution in [0.5, 0.6) is 0 Å². The van der Waals surface area contributed by atoms with Crippen LogP contribution in [0.2, 0.25) is 0 Å². The van der Waals surface area contributed by atoms with Gasteiger partial charge in [0.05, 0.1) is 16.7 Å². The summed E-state index contributed by atoms with van der Waals surface area (Å²) in [5.41, 5.74) is 11.6. The van der Waals surface area contributed by atoms with E-state index in [1.54, 1.807) is 0 Å². The van der Waals surface area contributed by atoms with Gasteiger partial charge in [0, 0.05) is 48.0 Å². The van der Waals surface area contributed by atoms with Crippen LogP contribution in [0.1, 0.15) is 0 Å². The molecule has 0 aliphatic heterocycles. The highest BCUT2D eigenvalue weighted by Crippen LogP contribution is 2.49. The van der Waals surface area contributed by atoms with Gasteiger partial charge >= 0.3 is 0 Å². The van der Waals surface area contributed by atoms with Crippen LogP contribution in [0.3, 0.4) is 0 Å². The van der Waals surface area contributed by atoms with Crippen LogP contribution < -0.4 is 4.90 Å². The third-order valence-corrected chi connectivity index (χ3v) is 13.1. The highest BCUT2D eigenvalue weighted by molar-refractivity contribution is 7.26. The third kappa shape index (κ3) is 5.47. The lowest BCUT2D eigenvalue weighted by Gasteiger charge is -2.28. The van der Waals surface area contributed by atoms with Gasteiger partial charge in [-0.25, -0.2) is 0 Å². The molecule has 0 saturated heterocycles. The molecule has 59 heavy (non-hydrogen) atoms. The standard InChI is InChI=1S/C56H36N2S/c1-3-15-38(16-4-1)50-35-43(29-32-45(50)41-27-26-37-14-7-8-18-40(37)34-41)57(52-24-13-25-54-55(52)49-31-28-39-17-9-10-21-46(39)56(49)59-54)44-30-33-48-47-22-11-12-23-51(47)58(53(48)36-44)42-19-5-2-6-20-42/h1-36H. The molecule has 0 fully saturated rings. The Labute approximate surface area is 346 Å². The first kappa shape index (κ1) is 33.7. The molecule has 10 aromatic carbocycles. The monoisotopic (exact) mass is 768 g/mol. The lowest BCUT2D eigenvalue weighted by molar-refractivity contribution is 1.18. The Hall–Kier alpha value is -7.46. The van der Waals surface area contributed by atoms with E-state index in [0.29, 0.717) is 0 Å². The van der Waals surface area contributed by atoms with Crippen molar-refractivity contribution in [2.24, 2.45) is 0 Å². The van der Waals surface area contributed by atoms with Crippen molar-refractivity contribution in [2.45, 2.75) is 0 Å². The Bertz CT molecular complexity index is 3560. The van der Waals surface area contributed by atoms with E-state index >= 15 is 0 Å². The molecule has 12 aromatic rings. The van der Waals surface area contributed by atoms with Crippen LogP contribution in [0.25, 0.3) is 91.5 Å². The zero-order chi connectivity index (χ0) is 38.9. The summed E-state index contributed by atoms with van der Waals surface area (Å²) in [6.45, 7) is 0. The Morgan fingerprint density at radius 1 is 0.373 bits per heavy atom. The van der Waals surface area contributed by atoms with Gasteiger partial charge in [0.1, 0.15) is 0 Å². The minimum atomic E-state index is 1.10. The number of anilines is 3. The number of fused-ring (bicyclic) bond motifs is 9. The van der Waals surface area contributed by atoms with Crippen LogP contribution in [-0.2, 0) is 0 Å². The van der Waals surface area contributed by atoms with Gasteiger partial charge in [-0.3, -0.25) is 0 Å². The summed E-state index contributed by atoms with van der Waals surface area (Å²) in [5, 5.41) is 10.1. The smallest absolute Gasteiger partial charge is 0.0561 e. The molecule has 0 bridgehead atoms. The number of hydrogen-bond acceptors (Lipinski definition) is 2. The predicted octanol–water partition coefficient (Wildman–Crippen LogP) is 16.3. The van der Waals surface area contributed by atoms with E-state index in [2.05, 4.69) is 228 Å². The van der Waals surface area contributed by atoms with Gasteiger partial charge in [-0.15, -0.1) is 11.3 Å². The van der Waals surface area contributed by atoms with E-state index in [0.717, 1.165) is 22.7 Å². The highest BCUT2D eigenvalue weighted by atomic mass is 32.1. The van der Waals surface area contributed by atoms with Crippen molar-refractivity contribution in [3.05, 3.63) is 218 Å². The van der Waals surface area contributed by atoms with Crippen molar-refractivity contribution in [1.29, 1.82) is 0 Å². The van der Waals surface area contributed by atoms with Crippen LogP contribution in [0.4, 0.5) is 17.1 Å². The molecule has 0 amide bonds. The average molecular weight is 769 g/mol. The largest absolute Gasteiger partial charge is 0.310 e. The molecule has 2 aromatic heterocycles. The summed E-state index contributed by atoms with van der Waals surface area (Å²) in [5.74, 6) is 0. The number of thiophene rings is 1. The van der Waals surface area contributed by atoms with Crippen LogP contribution in [0.15, 0.2) is 218 Å². The second-order valence-corrected chi connectivity index (χ2v) is 16.4. The van der Waals surface area contributed by atoms with Gasteiger partial charge in [0.25, 0.3) is 0 Å². The van der Waals surface area contributed by atoms with Crippen molar-refractivity contribution in [1.82, 2.24) is 4.57 Å². The van der Waals surface area contributed by atoms with E-state index in [1.165, 1.54) is 85.8 Å². The Kier molecular flexibility index (Phi) is 7.75. The number of nitrogens with zero attached hydrogens (tertiary/aromatic N) is 2. The minimum Gasteiger partial charge on any atom is -0.310 e. The van der Waals surface area contributed by atoms with Gasteiger partial charge in [0.2, 0.25) is 0 Å². The van der Waals surface area contributed by atoms with Crippen molar-refractivity contribution in [3.8, 4) is 27.9 Å². The lowest BCUT2D eigenvalue weighted by Crippen LogP contribution is -2.11. The molecule has 0 saturated carbocycles. The van der Waals surface area contributed by atoms with Crippen molar-refractivity contribution in [3.63, 3.8) is 0 Å². The number of aromatic nitrogens is 1. The molecular formula is C56H36N2S. The Morgan fingerprint density at radius 2 is 1.03 bits per heavy atom. The van der Waals surface area contributed by atoms with Crippen LogP contribution in [-0.4, -0.2) is 4.57 Å². The summed E-state index contributed by atoms with van der Waals surface area (Å²) in [6.07, 6.45) is 0. The van der Waals surface area contributed by atoms with Crippen LogP contribution >= 0.6 is 11.3 Å². The third-order valence-electron chi connectivity index (χ3n) is 11.9. The summed E-state index contributed by atoms with van der Waals surface area (Å²) in [7, 11) is 0. The summed E-state index contributed by atoms with van der Waals surface area (Å²) in [6, 6.07) is 80.1. The van der Waals surface area contributed by atoms with Gasteiger partial charge in [-0.1, -0.05) is 158 Å². The molecular weight excluding hydrogens is 733 g/mol. The predicted molar refractivity (Wildman–Crippen MR) is 254 cm³/mol. The minimum absolute atomic E-state index is 1.10. The number of para-hydroxylation sites is 2. The second-order valence-electron chi connectivity index (χ2n) is 15.3. The zero-order valence-corrected chi connectivity index (χ0v) is 32.9. The van der Waals surface area contributed by atoms with E-state index in [-0.39, 0.29) is 0 Å². The van der Waals surface area contributed by atoms with Crippen molar-refractivity contribution in [2.75, 3.05) is 4.90 Å². The van der Waals surface area contributed by atoms with Gasteiger partial charge in [-0.2, -0.15) is 0 Å². The average Bonchev–Trinajstić information content (AvgIpc) is 3.86. The summed E-state index contributed by atoms with van der Waals surface area (Å²) in [4.78, 5) is 2.49. The van der Waals surface area contributed by atoms with E-state index in [9.17, 15) is 0 Å². The van der Waals surface area contributed by atoms with Gasteiger partial charge < -0.3 is 9.47 Å². The fraction of sp³-hybridized carbons (Fsp3) is 0. The Balaban J connectivity index is 1.16. The van der Waals surface area contributed by atoms with Gasteiger partial charge in [0.15, 0.2) is 0 Å². The lowest BCUT2D eigenvalue weighted by atomic mass is 9.92. The molecule has 0 aliphatic rings. The Morgan fingerprint density at radius 3 is 1.90 bits per heavy atom. The first-order valence-electron chi connectivity index (χ1n) is 20.2. The normalized spacial score (nSPS) is 11.7. The van der Waals surface area contributed by atoms with E-state index < -0.39 is 0 Å². The summed E-state index contributed by atoms with van der Waals surface area (Å²) < 4.78 is 5.01. The quantitative estimate of drug-likeness (QED) is 0.164. The fourth-order valence-corrected chi connectivity index (χ4v) is 10.5. The molecule has 0 aliphatic carbocycles. The molecule has 0 radical (unpaired) electrons. The number of rotatable bonds is 6. The molecule has 2 nitrogen and oxygen atoms in total. The van der Waals surface area contributed by atoms with Crippen LogP contribution in [0, 0.1) is 0 Å². The zero-order valence-electron chi connectivity index (χ0n) is 32.1. The SMILES string of the molecule is c1ccc(-c2cc(N(c3ccc4c5ccccc5n(-c5ccccc5)c4c3)c3cccc4sc5c6ccccc6ccc5c34)ccc2-c2ccc3ccccc3c2)cc1. The topological polar surface area (TPSA) is 8.17 Å². The molecule has 3 heteroatoms. The molecule has 0 atom stereocenters. The molecule has 12 rings (SSSR count). The molecule has 2 heterocycles. The van der Waals surface area contributed by atoms with E-state index in [1.807, 2.05) is 11.3 Å². The molecule has 276 valence electrons. The summed E-state index contributed by atoms with van der Waals surface area (Å²) >= 11 is 1.89. The maximum absolute atomic E-state index is 2.49. The fourth-order valence-electron chi connectivity index (χ4n) is 9.24. The van der Waals surface area contributed by atoms with Crippen molar-refractivity contribution < 1.29 is 0 Å². The second kappa shape index (κ2) is 13.6. The highest BCUT2D eigenvalue weighted by Gasteiger charge is 2.23.